The Kier molecular flexibility index (Phi) is 4.63. The van der Waals surface area contributed by atoms with Gasteiger partial charge in [0.25, 0.3) is 0 Å². The second kappa shape index (κ2) is 4.81. The molecule has 84 valence electrons. The Hall–Kier alpha value is -0.530. The van der Waals surface area contributed by atoms with Gasteiger partial charge < -0.3 is 4.90 Å². The van der Waals surface area contributed by atoms with Gasteiger partial charge >= 0.3 is 0 Å². The summed E-state index contributed by atoms with van der Waals surface area (Å²) in [5, 5.41) is 0. The third-order valence-corrected chi connectivity index (χ3v) is 2.41. The van der Waals surface area contributed by atoms with Crippen molar-refractivity contribution in [2.45, 2.75) is 54.0 Å². The van der Waals surface area contributed by atoms with Crippen LogP contribution in [0, 0.1) is 11.3 Å². The molecular weight excluding hydrogens is 174 g/mol. The van der Waals surface area contributed by atoms with E-state index in [0.717, 1.165) is 6.42 Å². The molecule has 0 aliphatic carbocycles. The van der Waals surface area contributed by atoms with Gasteiger partial charge in [-0.3, -0.25) is 4.79 Å². The summed E-state index contributed by atoms with van der Waals surface area (Å²) in [5.41, 5.74) is 0.283. The van der Waals surface area contributed by atoms with Gasteiger partial charge in [0, 0.05) is 19.0 Å². The largest absolute Gasteiger partial charge is 0.343 e. The molecule has 0 aliphatic heterocycles. The molecule has 0 unspecified atom stereocenters. The fourth-order valence-electron chi connectivity index (χ4n) is 1.65. The van der Waals surface area contributed by atoms with E-state index in [-0.39, 0.29) is 17.2 Å². The van der Waals surface area contributed by atoms with Crippen LogP contribution in [0.1, 0.15) is 48.0 Å². The Labute approximate surface area is 88.7 Å². The van der Waals surface area contributed by atoms with Gasteiger partial charge in [-0.2, -0.15) is 0 Å². The zero-order valence-corrected chi connectivity index (χ0v) is 10.7. The van der Waals surface area contributed by atoms with Crippen LogP contribution >= 0.6 is 0 Å². The molecule has 0 N–H and O–H groups in total. The molecule has 0 saturated carbocycles. The molecule has 0 aliphatic rings. The van der Waals surface area contributed by atoms with Gasteiger partial charge in [-0.15, -0.1) is 0 Å². The highest BCUT2D eigenvalue weighted by Crippen LogP contribution is 2.23. The first kappa shape index (κ1) is 13.5. The minimum Gasteiger partial charge on any atom is -0.343 e. The van der Waals surface area contributed by atoms with Gasteiger partial charge in [-0.1, -0.05) is 34.6 Å². The number of hydrogen-bond donors (Lipinski definition) is 0. The first-order valence-corrected chi connectivity index (χ1v) is 5.42. The zero-order chi connectivity index (χ0) is 11.5. The summed E-state index contributed by atoms with van der Waals surface area (Å²) in [4.78, 5) is 13.6. The topological polar surface area (TPSA) is 20.3 Å². The van der Waals surface area contributed by atoms with Crippen LogP contribution in [0.5, 0.6) is 0 Å². The van der Waals surface area contributed by atoms with Crippen molar-refractivity contribution >= 4 is 5.91 Å². The average molecular weight is 199 g/mol. The fraction of sp³-hybridized carbons (Fsp3) is 0.917. The Morgan fingerprint density at radius 2 is 1.64 bits per heavy atom. The molecule has 14 heavy (non-hydrogen) atoms. The summed E-state index contributed by atoms with van der Waals surface area (Å²) < 4.78 is 0. The van der Waals surface area contributed by atoms with Crippen LogP contribution in [-0.2, 0) is 4.79 Å². The van der Waals surface area contributed by atoms with Crippen molar-refractivity contribution in [2.24, 2.45) is 11.3 Å². The van der Waals surface area contributed by atoms with Crippen molar-refractivity contribution in [3.63, 3.8) is 0 Å². The van der Waals surface area contributed by atoms with Crippen molar-refractivity contribution in [3.8, 4) is 0 Å². The molecule has 2 nitrogen and oxygen atoms in total. The molecule has 0 spiro atoms. The average Bonchev–Trinajstić information content (AvgIpc) is 1.98. The Morgan fingerprint density at radius 3 is 1.93 bits per heavy atom. The quantitative estimate of drug-likeness (QED) is 0.684. The summed E-state index contributed by atoms with van der Waals surface area (Å²) >= 11 is 0. The fourth-order valence-corrected chi connectivity index (χ4v) is 1.65. The summed E-state index contributed by atoms with van der Waals surface area (Å²) in [6.07, 6.45) is 1.04. The van der Waals surface area contributed by atoms with Crippen molar-refractivity contribution < 1.29 is 4.79 Å². The molecule has 0 aromatic rings. The molecular formula is C12H25NO. The van der Waals surface area contributed by atoms with E-state index < -0.39 is 0 Å². The summed E-state index contributed by atoms with van der Waals surface area (Å²) in [7, 11) is 1.90. The van der Waals surface area contributed by atoms with Crippen LogP contribution in [0.15, 0.2) is 0 Å². The van der Waals surface area contributed by atoms with Crippen LogP contribution < -0.4 is 0 Å². The van der Waals surface area contributed by atoms with Gasteiger partial charge in [0.05, 0.1) is 0 Å². The van der Waals surface area contributed by atoms with Crippen molar-refractivity contribution in [2.75, 3.05) is 7.05 Å². The second-order valence-corrected chi connectivity index (χ2v) is 5.72. The minimum absolute atomic E-state index is 0.0995. The number of nitrogens with zero attached hydrogens (tertiary/aromatic N) is 1. The van der Waals surface area contributed by atoms with E-state index in [1.54, 1.807) is 0 Å². The number of carbonyl (C=O) groups excluding carboxylic acids is 1. The lowest BCUT2D eigenvalue weighted by Gasteiger charge is -2.31. The maximum absolute atomic E-state index is 11.7. The molecule has 1 atom stereocenters. The van der Waals surface area contributed by atoms with E-state index in [2.05, 4.69) is 27.7 Å². The molecule has 0 bridgehead atoms. The van der Waals surface area contributed by atoms with Gasteiger partial charge in [0.1, 0.15) is 0 Å². The third kappa shape index (κ3) is 4.64. The van der Waals surface area contributed by atoms with Crippen LogP contribution in [0.3, 0.4) is 0 Å². The van der Waals surface area contributed by atoms with Crippen molar-refractivity contribution in [1.82, 2.24) is 4.90 Å². The van der Waals surface area contributed by atoms with E-state index in [1.807, 2.05) is 25.8 Å². The number of hydrogen-bond acceptors (Lipinski definition) is 1. The second-order valence-electron chi connectivity index (χ2n) is 5.72. The van der Waals surface area contributed by atoms with Crippen LogP contribution in [0.25, 0.3) is 0 Å². The summed E-state index contributed by atoms with van der Waals surface area (Å²) in [6.45, 7) is 12.6. The number of rotatable bonds is 3. The summed E-state index contributed by atoms with van der Waals surface area (Å²) in [6, 6.07) is 0.324. The standard InChI is InChI=1S/C12H25NO/c1-9(2)11(14)13(7)10(3)8-12(4,5)6/h9-10H,8H2,1-7H3/t10-/m1/s1. The highest BCUT2D eigenvalue weighted by Gasteiger charge is 2.22. The molecule has 0 aromatic carbocycles. The van der Waals surface area contributed by atoms with Crippen LogP contribution in [0.4, 0.5) is 0 Å². The molecule has 0 saturated heterocycles. The number of carbonyl (C=O) groups is 1. The first-order chi connectivity index (χ1) is 6.15. The molecule has 2 heteroatoms. The van der Waals surface area contributed by atoms with E-state index in [0.29, 0.717) is 6.04 Å². The Bertz CT molecular complexity index is 191. The SMILES string of the molecule is CC(C)C(=O)N(C)[C@H](C)CC(C)(C)C. The van der Waals surface area contributed by atoms with Gasteiger partial charge in [-0.25, -0.2) is 0 Å². The van der Waals surface area contributed by atoms with E-state index >= 15 is 0 Å². The molecule has 0 rings (SSSR count). The molecule has 0 fully saturated rings. The normalized spacial score (nSPS) is 14.3. The van der Waals surface area contributed by atoms with E-state index in [9.17, 15) is 4.79 Å². The number of amides is 1. The van der Waals surface area contributed by atoms with E-state index in [4.69, 9.17) is 0 Å². The smallest absolute Gasteiger partial charge is 0.225 e. The van der Waals surface area contributed by atoms with Crippen LogP contribution in [-0.4, -0.2) is 23.9 Å². The minimum atomic E-state index is 0.0995. The zero-order valence-electron chi connectivity index (χ0n) is 10.7. The molecule has 0 heterocycles. The highest BCUT2D eigenvalue weighted by atomic mass is 16.2. The van der Waals surface area contributed by atoms with E-state index in [1.165, 1.54) is 0 Å². The van der Waals surface area contributed by atoms with Crippen molar-refractivity contribution in [1.29, 1.82) is 0 Å². The van der Waals surface area contributed by atoms with Gasteiger partial charge in [0.2, 0.25) is 5.91 Å². The first-order valence-electron chi connectivity index (χ1n) is 5.42. The Morgan fingerprint density at radius 1 is 1.21 bits per heavy atom. The maximum atomic E-state index is 11.7. The summed E-state index contributed by atoms with van der Waals surface area (Å²) in [5.74, 6) is 0.337. The lowest BCUT2D eigenvalue weighted by Crippen LogP contribution is -2.39. The Balaban J connectivity index is 4.26. The predicted octanol–water partition coefficient (Wildman–Crippen LogP) is 2.93. The van der Waals surface area contributed by atoms with Crippen molar-refractivity contribution in [3.05, 3.63) is 0 Å². The van der Waals surface area contributed by atoms with Gasteiger partial charge in [0.15, 0.2) is 0 Å². The lowest BCUT2D eigenvalue weighted by atomic mass is 9.88. The van der Waals surface area contributed by atoms with Crippen LogP contribution in [0.2, 0.25) is 0 Å². The van der Waals surface area contributed by atoms with Gasteiger partial charge in [-0.05, 0) is 18.8 Å². The third-order valence-electron chi connectivity index (χ3n) is 2.41. The lowest BCUT2D eigenvalue weighted by molar-refractivity contribution is -0.135. The predicted molar refractivity (Wildman–Crippen MR) is 61.1 cm³/mol. The monoisotopic (exact) mass is 199 g/mol. The highest BCUT2D eigenvalue weighted by molar-refractivity contribution is 5.78. The molecule has 0 radical (unpaired) electrons. The molecule has 1 amide bonds. The maximum Gasteiger partial charge on any atom is 0.225 e. The molecule has 0 aromatic heterocycles.